The first-order valence-electron chi connectivity index (χ1n) is 13.0. The highest BCUT2D eigenvalue weighted by Crippen LogP contribution is 2.27. The van der Waals surface area contributed by atoms with Gasteiger partial charge in [-0.05, 0) is 66.6 Å². The van der Waals surface area contributed by atoms with Gasteiger partial charge in [0.1, 0.15) is 29.9 Å². The number of hydrogen-bond acceptors (Lipinski definition) is 8. The minimum absolute atomic E-state index is 0.0492. The number of benzene rings is 3. The SMILES string of the molecule is O=C(CN(CCc1cccnc1)C(COc1ccccc1Cl)c1nn[nH]n1)Nc1ccc(Oc2ccccc2)cc1. The molecule has 0 aliphatic heterocycles. The number of carbonyl (C=O) groups is 1. The number of pyridine rings is 1. The number of halogens is 1. The van der Waals surface area contributed by atoms with Crippen molar-refractivity contribution in [3.8, 4) is 17.2 Å². The summed E-state index contributed by atoms with van der Waals surface area (Å²) in [5, 5.41) is 18.1. The van der Waals surface area contributed by atoms with Gasteiger partial charge in [0, 0.05) is 24.6 Å². The van der Waals surface area contributed by atoms with Gasteiger partial charge in [0.2, 0.25) is 5.91 Å². The van der Waals surface area contributed by atoms with Gasteiger partial charge in [-0.15, -0.1) is 10.2 Å². The van der Waals surface area contributed by atoms with Crippen molar-refractivity contribution in [2.45, 2.75) is 12.5 Å². The maximum Gasteiger partial charge on any atom is 0.238 e. The summed E-state index contributed by atoms with van der Waals surface area (Å²) in [6.45, 7) is 0.705. The zero-order valence-electron chi connectivity index (χ0n) is 22.1. The molecule has 2 aromatic heterocycles. The molecule has 1 atom stereocenters. The van der Waals surface area contributed by atoms with Crippen molar-refractivity contribution in [3.63, 3.8) is 0 Å². The Kier molecular flexibility index (Phi) is 9.49. The van der Waals surface area contributed by atoms with Crippen molar-refractivity contribution in [1.82, 2.24) is 30.5 Å². The Morgan fingerprint density at radius 2 is 1.73 bits per heavy atom. The number of rotatable bonds is 13. The predicted molar refractivity (Wildman–Crippen MR) is 155 cm³/mol. The fraction of sp³-hybridized carbons (Fsp3) is 0.167. The molecule has 0 radical (unpaired) electrons. The third kappa shape index (κ3) is 8.10. The number of nitrogens with one attached hydrogen (secondary N) is 2. The molecule has 0 saturated heterocycles. The number of ether oxygens (including phenoxy) is 2. The molecule has 3 aromatic carbocycles. The molecule has 0 aliphatic rings. The summed E-state index contributed by atoms with van der Waals surface area (Å²) < 4.78 is 11.9. The van der Waals surface area contributed by atoms with E-state index < -0.39 is 6.04 Å². The van der Waals surface area contributed by atoms with E-state index in [4.69, 9.17) is 21.1 Å². The van der Waals surface area contributed by atoms with E-state index in [1.807, 2.05) is 71.6 Å². The second-order valence-electron chi connectivity index (χ2n) is 9.10. The van der Waals surface area contributed by atoms with Crippen LogP contribution in [0.15, 0.2) is 103 Å². The van der Waals surface area contributed by atoms with E-state index >= 15 is 0 Å². The second kappa shape index (κ2) is 14.0. The summed E-state index contributed by atoms with van der Waals surface area (Å²) in [6, 6.07) is 27.3. The molecule has 11 heteroatoms. The van der Waals surface area contributed by atoms with Crippen molar-refractivity contribution in [2.24, 2.45) is 0 Å². The average Bonchev–Trinajstić information content (AvgIpc) is 3.54. The van der Waals surface area contributed by atoms with Gasteiger partial charge in [-0.1, -0.05) is 53.2 Å². The number of tetrazole rings is 1. The van der Waals surface area contributed by atoms with Crippen LogP contribution in [0.1, 0.15) is 17.4 Å². The van der Waals surface area contributed by atoms with Crippen molar-refractivity contribution in [2.75, 3.05) is 25.0 Å². The quantitative estimate of drug-likeness (QED) is 0.195. The molecule has 0 bridgehead atoms. The minimum atomic E-state index is -0.492. The van der Waals surface area contributed by atoms with Gasteiger partial charge in [-0.25, -0.2) is 0 Å². The lowest BCUT2D eigenvalue weighted by molar-refractivity contribution is -0.118. The Morgan fingerprint density at radius 3 is 2.46 bits per heavy atom. The smallest absolute Gasteiger partial charge is 0.238 e. The van der Waals surface area contributed by atoms with Gasteiger partial charge >= 0.3 is 0 Å². The highest BCUT2D eigenvalue weighted by Gasteiger charge is 2.27. The summed E-state index contributed by atoms with van der Waals surface area (Å²) in [5.74, 6) is 2.12. The van der Waals surface area contributed by atoms with Crippen LogP contribution in [0.25, 0.3) is 0 Å². The lowest BCUT2D eigenvalue weighted by Gasteiger charge is -2.29. The van der Waals surface area contributed by atoms with Crippen molar-refractivity contribution in [1.29, 1.82) is 0 Å². The maximum atomic E-state index is 13.3. The van der Waals surface area contributed by atoms with Gasteiger partial charge in [0.05, 0.1) is 11.6 Å². The lowest BCUT2D eigenvalue weighted by atomic mass is 10.1. The Balaban J connectivity index is 1.30. The first-order chi connectivity index (χ1) is 20.1. The van der Waals surface area contributed by atoms with Crippen LogP contribution in [-0.4, -0.2) is 56.1 Å². The van der Waals surface area contributed by atoms with E-state index in [2.05, 4.69) is 30.9 Å². The molecule has 1 unspecified atom stereocenters. The topological polar surface area (TPSA) is 118 Å². The molecular weight excluding hydrogens is 542 g/mol. The molecule has 2 N–H and O–H groups in total. The standard InChI is InChI=1S/C30H28ClN7O3/c31-26-10-4-5-11-28(26)40-21-27(30-34-36-37-35-30)38(18-16-22-7-6-17-32-19-22)20-29(39)33-23-12-14-25(15-13-23)41-24-8-2-1-3-9-24/h1-15,17,19,27H,16,18,20-21H2,(H,33,39)(H,34,35,36,37). The molecule has 10 nitrogen and oxygen atoms in total. The number of hydrogen-bond donors (Lipinski definition) is 2. The zero-order chi connectivity index (χ0) is 28.3. The van der Waals surface area contributed by atoms with Crippen LogP contribution >= 0.6 is 11.6 Å². The van der Waals surface area contributed by atoms with Gasteiger partial charge in [0.15, 0.2) is 5.82 Å². The Morgan fingerprint density at radius 1 is 0.951 bits per heavy atom. The van der Waals surface area contributed by atoms with Crippen molar-refractivity contribution in [3.05, 3.63) is 120 Å². The molecule has 5 aromatic rings. The highest BCUT2D eigenvalue weighted by molar-refractivity contribution is 6.32. The number of H-pyrrole nitrogens is 1. The van der Waals surface area contributed by atoms with Crippen LogP contribution in [0.5, 0.6) is 17.2 Å². The van der Waals surface area contributed by atoms with Crippen LogP contribution in [0.2, 0.25) is 5.02 Å². The Hall–Kier alpha value is -4.80. The monoisotopic (exact) mass is 569 g/mol. The van der Waals surface area contributed by atoms with Crippen LogP contribution in [-0.2, 0) is 11.2 Å². The van der Waals surface area contributed by atoms with Crippen LogP contribution in [0.3, 0.4) is 0 Å². The zero-order valence-corrected chi connectivity index (χ0v) is 22.8. The van der Waals surface area contributed by atoms with E-state index in [0.717, 1.165) is 11.3 Å². The molecular formula is C30H28ClN7O3. The largest absolute Gasteiger partial charge is 0.490 e. The van der Waals surface area contributed by atoms with Crippen molar-refractivity contribution >= 4 is 23.2 Å². The fourth-order valence-corrected chi connectivity index (χ4v) is 4.35. The van der Waals surface area contributed by atoms with E-state index in [-0.39, 0.29) is 19.1 Å². The molecule has 0 saturated carbocycles. The first-order valence-corrected chi connectivity index (χ1v) is 13.4. The van der Waals surface area contributed by atoms with Crippen LogP contribution in [0.4, 0.5) is 5.69 Å². The van der Waals surface area contributed by atoms with Crippen molar-refractivity contribution < 1.29 is 14.3 Å². The summed E-state index contributed by atoms with van der Waals surface area (Å²) in [6.07, 6.45) is 4.18. The van der Waals surface area contributed by atoms with Gasteiger partial charge < -0.3 is 14.8 Å². The molecule has 2 heterocycles. The molecule has 0 spiro atoms. The number of aromatic nitrogens is 5. The average molecular weight is 570 g/mol. The van der Waals surface area contributed by atoms with E-state index in [1.165, 1.54) is 0 Å². The molecule has 41 heavy (non-hydrogen) atoms. The summed E-state index contributed by atoms with van der Waals surface area (Å²) >= 11 is 6.32. The number of para-hydroxylation sites is 2. The number of anilines is 1. The summed E-state index contributed by atoms with van der Waals surface area (Å²) in [4.78, 5) is 19.5. The lowest BCUT2D eigenvalue weighted by Crippen LogP contribution is -2.40. The molecule has 1 amide bonds. The number of aromatic amines is 1. The van der Waals surface area contributed by atoms with Crippen LogP contribution in [0, 0.1) is 0 Å². The van der Waals surface area contributed by atoms with E-state index in [1.54, 1.807) is 36.7 Å². The minimum Gasteiger partial charge on any atom is -0.490 e. The number of nitrogens with zero attached hydrogens (tertiary/aromatic N) is 5. The van der Waals surface area contributed by atoms with E-state index in [0.29, 0.717) is 41.0 Å². The number of carbonyl (C=O) groups excluding carboxylic acids is 1. The fourth-order valence-electron chi connectivity index (χ4n) is 4.16. The molecule has 5 rings (SSSR count). The molecule has 208 valence electrons. The summed E-state index contributed by atoms with van der Waals surface area (Å²) in [7, 11) is 0. The van der Waals surface area contributed by atoms with E-state index in [9.17, 15) is 4.79 Å². The third-order valence-corrected chi connectivity index (χ3v) is 6.52. The number of amides is 1. The van der Waals surface area contributed by atoms with Gasteiger partial charge in [0.25, 0.3) is 0 Å². The Labute approximate surface area is 242 Å². The third-order valence-electron chi connectivity index (χ3n) is 6.21. The van der Waals surface area contributed by atoms with Crippen LogP contribution < -0.4 is 14.8 Å². The summed E-state index contributed by atoms with van der Waals surface area (Å²) in [5.41, 5.74) is 1.68. The normalized spacial score (nSPS) is 11.7. The highest BCUT2D eigenvalue weighted by atomic mass is 35.5. The maximum absolute atomic E-state index is 13.3. The second-order valence-corrected chi connectivity index (χ2v) is 9.50. The predicted octanol–water partition coefficient (Wildman–Crippen LogP) is 5.34. The first kappa shape index (κ1) is 27.8. The molecule has 0 aliphatic carbocycles. The van der Waals surface area contributed by atoms with Gasteiger partial charge in [-0.3, -0.25) is 14.7 Å². The molecule has 0 fully saturated rings. The van der Waals surface area contributed by atoms with Gasteiger partial charge in [-0.2, -0.15) is 5.21 Å². The Bertz CT molecular complexity index is 1500.